The van der Waals surface area contributed by atoms with Gasteiger partial charge in [-0.05, 0) is 49.4 Å². The Morgan fingerprint density at radius 2 is 1.96 bits per heavy atom. The molecular weight excluding hydrogens is 419 g/mol. The van der Waals surface area contributed by atoms with E-state index in [0.29, 0.717) is 18.4 Å². The Balaban J connectivity index is 1.85. The highest BCUT2D eigenvalue weighted by atomic mass is 35.6. The number of fused-ring (bicyclic) bond motifs is 3. The zero-order valence-corrected chi connectivity index (χ0v) is 17.6. The molecule has 0 spiro atoms. The highest BCUT2D eigenvalue weighted by Crippen LogP contribution is 2.44. The van der Waals surface area contributed by atoms with Crippen LogP contribution in [0.4, 0.5) is 0 Å². The van der Waals surface area contributed by atoms with Crippen molar-refractivity contribution in [2.45, 2.75) is 48.0 Å². The molecule has 0 radical (unpaired) electrons. The second-order valence-electron chi connectivity index (χ2n) is 6.81. The van der Waals surface area contributed by atoms with Gasteiger partial charge in [-0.25, -0.2) is 0 Å². The van der Waals surface area contributed by atoms with Gasteiger partial charge in [0.2, 0.25) is 3.79 Å². The fraction of sp³-hybridized carbons (Fsp3) is 0.647. The van der Waals surface area contributed by atoms with E-state index in [1.54, 1.807) is 0 Å². The van der Waals surface area contributed by atoms with E-state index in [4.69, 9.17) is 39.0 Å². The minimum Gasteiger partial charge on any atom is -0.300 e. The van der Waals surface area contributed by atoms with Crippen molar-refractivity contribution in [3.8, 4) is 0 Å². The highest BCUT2D eigenvalue weighted by molar-refractivity contribution is 7.84. The lowest BCUT2D eigenvalue weighted by Gasteiger charge is -2.47. The standard InChI is InChI=1S/C17H23Cl3N2O3S/c1-2-22-9-5-8-14-12-6-3-4-7-13(12)15(10-16(14)22)21-26(23,24)25-11-17(18,19)20/h3-4,6-7,14-16,21H,2,5,8-11H2,1H3/t14-,15-,16-/m1/s1. The molecule has 0 saturated carbocycles. The van der Waals surface area contributed by atoms with Gasteiger partial charge in [-0.1, -0.05) is 66.0 Å². The molecular formula is C17H23Cl3N2O3S. The molecule has 1 N–H and O–H groups in total. The molecule has 3 atom stereocenters. The van der Waals surface area contributed by atoms with Crippen LogP contribution in [0.15, 0.2) is 24.3 Å². The Morgan fingerprint density at radius 3 is 2.62 bits per heavy atom. The quantitative estimate of drug-likeness (QED) is 0.704. The van der Waals surface area contributed by atoms with Crippen molar-refractivity contribution < 1.29 is 12.6 Å². The largest absolute Gasteiger partial charge is 0.336 e. The normalized spacial score (nSPS) is 27.0. The molecule has 26 heavy (non-hydrogen) atoms. The number of nitrogens with zero attached hydrogens (tertiary/aromatic N) is 1. The van der Waals surface area contributed by atoms with E-state index < -0.39 is 20.7 Å². The van der Waals surface area contributed by atoms with Gasteiger partial charge in [-0.3, -0.25) is 9.08 Å². The van der Waals surface area contributed by atoms with Gasteiger partial charge in [0, 0.05) is 6.04 Å². The van der Waals surface area contributed by atoms with Gasteiger partial charge >= 0.3 is 10.3 Å². The smallest absolute Gasteiger partial charge is 0.300 e. The van der Waals surface area contributed by atoms with Crippen LogP contribution in [0.3, 0.4) is 0 Å². The third-order valence-electron chi connectivity index (χ3n) is 5.21. The lowest BCUT2D eigenvalue weighted by molar-refractivity contribution is 0.108. The Bertz CT molecular complexity index is 739. The Hall–Kier alpha value is -0.0800. The van der Waals surface area contributed by atoms with Crippen LogP contribution in [0.5, 0.6) is 0 Å². The summed E-state index contributed by atoms with van der Waals surface area (Å²) in [5.41, 5.74) is 2.23. The molecule has 2 aliphatic rings. The van der Waals surface area contributed by atoms with E-state index in [9.17, 15) is 8.42 Å². The van der Waals surface area contributed by atoms with Gasteiger partial charge in [0.15, 0.2) is 0 Å². The predicted molar refractivity (Wildman–Crippen MR) is 105 cm³/mol. The van der Waals surface area contributed by atoms with Gasteiger partial charge in [0.25, 0.3) is 0 Å². The summed E-state index contributed by atoms with van der Waals surface area (Å²) in [4.78, 5) is 2.44. The molecule has 9 heteroatoms. The van der Waals surface area contributed by atoms with Crippen molar-refractivity contribution in [3.05, 3.63) is 35.4 Å². The number of hydrogen-bond donors (Lipinski definition) is 1. The van der Waals surface area contributed by atoms with Crippen LogP contribution in [-0.2, 0) is 14.5 Å². The topological polar surface area (TPSA) is 58.6 Å². The molecule has 146 valence electrons. The molecule has 0 unspecified atom stereocenters. The highest BCUT2D eigenvalue weighted by Gasteiger charge is 2.40. The van der Waals surface area contributed by atoms with Crippen LogP contribution >= 0.6 is 34.8 Å². The zero-order chi connectivity index (χ0) is 18.9. The minimum absolute atomic E-state index is 0.310. The average molecular weight is 442 g/mol. The minimum atomic E-state index is -4.04. The van der Waals surface area contributed by atoms with Gasteiger partial charge in [0.1, 0.15) is 6.61 Å². The monoisotopic (exact) mass is 440 g/mol. The Kier molecular flexibility index (Phi) is 6.44. The summed E-state index contributed by atoms with van der Waals surface area (Å²) in [6.07, 6.45) is 2.99. The van der Waals surface area contributed by atoms with Crippen molar-refractivity contribution in [1.29, 1.82) is 0 Å². The van der Waals surface area contributed by atoms with E-state index in [2.05, 4.69) is 22.6 Å². The van der Waals surface area contributed by atoms with Gasteiger partial charge in [-0.2, -0.15) is 13.1 Å². The average Bonchev–Trinajstić information content (AvgIpc) is 2.59. The predicted octanol–water partition coefficient (Wildman–Crippen LogP) is 3.92. The summed E-state index contributed by atoms with van der Waals surface area (Å²) >= 11 is 16.8. The lowest BCUT2D eigenvalue weighted by Crippen LogP contribution is -2.49. The van der Waals surface area contributed by atoms with Crippen LogP contribution < -0.4 is 4.72 Å². The van der Waals surface area contributed by atoms with Gasteiger partial charge < -0.3 is 0 Å². The lowest BCUT2D eigenvalue weighted by atomic mass is 9.72. The fourth-order valence-corrected chi connectivity index (χ4v) is 5.52. The number of rotatable bonds is 5. The molecule has 0 bridgehead atoms. The summed E-state index contributed by atoms with van der Waals surface area (Å²) in [6, 6.07) is 7.98. The van der Waals surface area contributed by atoms with Crippen LogP contribution in [0.25, 0.3) is 0 Å². The fourth-order valence-electron chi connectivity index (χ4n) is 4.19. The third-order valence-corrected chi connectivity index (χ3v) is 6.54. The van der Waals surface area contributed by atoms with E-state index in [1.807, 2.05) is 18.2 Å². The molecule has 1 aromatic rings. The van der Waals surface area contributed by atoms with E-state index in [0.717, 1.165) is 31.5 Å². The van der Waals surface area contributed by atoms with Crippen molar-refractivity contribution in [1.82, 2.24) is 9.62 Å². The number of likely N-dealkylation sites (N-methyl/N-ethyl adjacent to an activating group) is 1. The summed E-state index contributed by atoms with van der Waals surface area (Å²) < 4.78 is 30.4. The summed E-state index contributed by atoms with van der Waals surface area (Å²) in [5, 5.41) is 0. The van der Waals surface area contributed by atoms with Crippen LogP contribution in [0, 0.1) is 0 Å². The second-order valence-corrected chi connectivity index (χ2v) is 10.7. The molecule has 1 aliphatic heterocycles. The molecule has 0 aromatic heterocycles. The molecule has 1 heterocycles. The first-order valence-corrected chi connectivity index (χ1v) is 11.3. The maximum Gasteiger partial charge on any atom is 0.336 e. The summed E-state index contributed by atoms with van der Waals surface area (Å²) in [7, 11) is -4.04. The number of halogens is 3. The van der Waals surface area contributed by atoms with Crippen molar-refractivity contribution in [2.75, 3.05) is 19.7 Å². The third kappa shape index (κ3) is 4.85. The first-order valence-electron chi connectivity index (χ1n) is 8.76. The molecule has 3 rings (SSSR count). The van der Waals surface area contributed by atoms with E-state index in [-0.39, 0.29) is 6.04 Å². The Labute approximate surface area is 170 Å². The summed E-state index contributed by atoms with van der Waals surface area (Å²) in [6.45, 7) is 3.61. The zero-order valence-electron chi connectivity index (χ0n) is 14.5. The Morgan fingerprint density at radius 1 is 1.27 bits per heavy atom. The molecule has 1 saturated heterocycles. The van der Waals surface area contributed by atoms with Gasteiger partial charge in [0.05, 0.1) is 6.04 Å². The number of likely N-dealkylation sites (tertiary alicyclic amines) is 1. The van der Waals surface area contributed by atoms with E-state index in [1.165, 1.54) is 5.56 Å². The molecule has 5 nitrogen and oxygen atoms in total. The number of benzene rings is 1. The first-order chi connectivity index (χ1) is 12.2. The molecule has 0 amide bonds. The van der Waals surface area contributed by atoms with Crippen LogP contribution in [0.2, 0.25) is 0 Å². The number of piperidine rings is 1. The van der Waals surface area contributed by atoms with Gasteiger partial charge in [-0.15, -0.1) is 0 Å². The molecule has 1 fully saturated rings. The molecule has 1 aromatic carbocycles. The van der Waals surface area contributed by atoms with Crippen LogP contribution in [-0.4, -0.2) is 42.8 Å². The van der Waals surface area contributed by atoms with Crippen LogP contribution in [0.1, 0.15) is 49.3 Å². The first kappa shape index (κ1) is 20.6. The number of hydrogen-bond acceptors (Lipinski definition) is 4. The van der Waals surface area contributed by atoms with E-state index >= 15 is 0 Å². The maximum absolute atomic E-state index is 12.3. The SMILES string of the molecule is CCN1CCC[C@@H]2c3ccccc3[C@H](NS(=O)(=O)OCC(Cl)(Cl)Cl)C[C@H]21. The molecule has 1 aliphatic carbocycles. The summed E-state index contributed by atoms with van der Waals surface area (Å²) in [5.74, 6) is 0.433. The second kappa shape index (κ2) is 8.11. The number of alkyl halides is 3. The van der Waals surface area contributed by atoms with Crippen molar-refractivity contribution >= 4 is 45.1 Å². The maximum atomic E-state index is 12.3. The number of nitrogens with one attached hydrogen (secondary N) is 1. The van der Waals surface area contributed by atoms with Crippen molar-refractivity contribution in [3.63, 3.8) is 0 Å². The van der Waals surface area contributed by atoms with Crippen molar-refractivity contribution in [2.24, 2.45) is 0 Å².